The van der Waals surface area contributed by atoms with E-state index in [-0.39, 0.29) is 12.0 Å². The number of nitrogens with zero attached hydrogens (tertiary/aromatic N) is 5. The molecule has 0 spiro atoms. The molecule has 3 rings (SSSR count). The summed E-state index contributed by atoms with van der Waals surface area (Å²) >= 11 is 1.35. The second-order valence-electron chi connectivity index (χ2n) is 5.45. The van der Waals surface area contributed by atoms with Crippen molar-refractivity contribution in [1.29, 1.82) is 0 Å². The van der Waals surface area contributed by atoms with Gasteiger partial charge in [0.2, 0.25) is 11.1 Å². The fraction of sp³-hybridized carbons (Fsp3) is 0.571. The predicted molar refractivity (Wildman–Crippen MR) is 83.0 cm³/mol. The lowest BCUT2D eigenvalue weighted by molar-refractivity contribution is -0.135. The van der Waals surface area contributed by atoms with Gasteiger partial charge in [0.25, 0.3) is 5.78 Å². The Bertz CT molecular complexity index is 702. The number of rotatable bonds is 3. The molecule has 7 nitrogen and oxygen atoms in total. The molecule has 1 unspecified atom stereocenters. The van der Waals surface area contributed by atoms with Gasteiger partial charge in [0.1, 0.15) is 0 Å². The van der Waals surface area contributed by atoms with Crippen molar-refractivity contribution in [3.8, 4) is 0 Å². The number of thioether (sulfide) groups is 1. The number of aromatic nitrogens is 4. The van der Waals surface area contributed by atoms with Crippen LogP contribution in [0.5, 0.6) is 0 Å². The van der Waals surface area contributed by atoms with Crippen LogP contribution in [0.25, 0.3) is 5.78 Å². The van der Waals surface area contributed by atoms with E-state index in [0.717, 1.165) is 11.4 Å². The minimum Gasteiger partial charge on any atom is -0.375 e. The maximum Gasteiger partial charge on any atom is 0.253 e. The van der Waals surface area contributed by atoms with E-state index < -0.39 is 0 Å². The van der Waals surface area contributed by atoms with Crippen molar-refractivity contribution in [3.63, 3.8) is 0 Å². The van der Waals surface area contributed by atoms with Crippen LogP contribution in [0, 0.1) is 13.8 Å². The summed E-state index contributed by atoms with van der Waals surface area (Å²) in [4.78, 5) is 22.8. The Balaban J connectivity index is 1.66. The maximum atomic E-state index is 12.2. The average molecular weight is 321 g/mol. The molecule has 1 amide bonds. The van der Waals surface area contributed by atoms with Crippen LogP contribution >= 0.6 is 11.8 Å². The topological polar surface area (TPSA) is 72.6 Å². The summed E-state index contributed by atoms with van der Waals surface area (Å²) in [6.45, 7) is 7.78. The number of morpholine rings is 1. The summed E-state index contributed by atoms with van der Waals surface area (Å²) in [6, 6.07) is 1.95. The fourth-order valence-electron chi connectivity index (χ4n) is 2.47. The Morgan fingerprint density at radius 2 is 2.27 bits per heavy atom. The fourth-order valence-corrected chi connectivity index (χ4v) is 3.19. The predicted octanol–water partition coefficient (Wildman–Crippen LogP) is 1.08. The number of carbonyl (C=O) groups excluding carboxylic acids is 1. The minimum atomic E-state index is 0.0971. The summed E-state index contributed by atoms with van der Waals surface area (Å²) in [7, 11) is 0. The van der Waals surface area contributed by atoms with Crippen LogP contribution in [0.1, 0.15) is 18.3 Å². The average Bonchev–Trinajstić information content (AvgIpc) is 2.88. The van der Waals surface area contributed by atoms with E-state index in [1.807, 2.05) is 31.7 Å². The van der Waals surface area contributed by atoms with Crippen LogP contribution in [0.3, 0.4) is 0 Å². The summed E-state index contributed by atoms with van der Waals surface area (Å²) in [5, 5.41) is 4.98. The van der Waals surface area contributed by atoms with Gasteiger partial charge >= 0.3 is 0 Å². The van der Waals surface area contributed by atoms with Gasteiger partial charge in [0, 0.05) is 24.5 Å². The molecule has 1 aliphatic rings. The quantitative estimate of drug-likeness (QED) is 0.788. The maximum absolute atomic E-state index is 12.2. The Labute approximate surface area is 133 Å². The van der Waals surface area contributed by atoms with Gasteiger partial charge in [-0.2, -0.15) is 4.98 Å². The van der Waals surface area contributed by atoms with Crippen molar-refractivity contribution in [2.75, 3.05) is 25.4 Å². The number of fused-ring (bicyclic) bond motifs is 1. The number of hydrogen-bond acceptors (Lipinski definition) is 6. The van der Waals surface area contributed by atoms with Gasteiger partial charge in [-0.15, -0.1) is 5.10 Å². The zero-order valence-electron chi connectivity index (χ0n) is 12.9. The number of carbonyl (C=O) groups is 1. The smallest absolute Gasteiger partial charge is 0.253 e. The lowest BCUT2D eigenvalue weighted by Crippen LogP contribution is -2.45. The van der Waals surface area contributed by atoms with Crippen LogP contribution in [0.2, 0.25) is 0 Å². The van der Waals surface area contributed by atoms with Crippen molar-refractivity contribution in [2.45, 2.75) is 32.0 Å². The first kappa shape index (κ1) is 15.2. The Morgan fingerprint density at radius 1 is 1.45 bits per heavy atom. The molecule has 2 aromatic heterocycles. The van der Waals surface area contributed by atoms with E-state index in [4.69, 9.17) is 4.74 Å². The minimum absolute atomic E-state index is 0.0971. The van der Waals surface area contributed by atoms with Gasteiger partial charge in [0.15, 0.2) is 0 Å². The third kappa shape index (κ3) is 3.22. The van der Waals surface area contributed by atoms with Crippen molar-refractivity contribution < 1.29 is 9.53 Å². The molecule has 1 fully saturated rings. The van der Waals surface area contributed by atoms with Crippen LogP contribution in [-0.2, 0) is 9.53 Å². The van der Waals surface area contributed by atoms with Gasteiger partial charge in [-0.3, -0.25) is 4.79 Å². The molecule has 0 bridgehead atoms. The van der Waals surface area contributed by atoms with E-state index >= 15 is 0 Å². The molecule has 22 heavy (non-hydrogen) atoms. The third-order valence-corrected chi connectivity index (χ3v) is 4.34. The van der Waals surface area contributed by atoms with Gasteiger partial charge in [-0.1, -0.05) is 11.8 Å². The van der Waals surface area contributed by atoms with E-state index in [0.29, 0.717) is 36.4 Å². The highest BCUT2D eigenvalue weighted by molar-refractivity contribution is 7.99. The van der Waals surface area contributed by atoms with Gasteiger partial charge < -0.3 is 9.64 Å². The van der Waals surface area contributed by atoms with Crippen molar-refractivity contribution in [1.82, 2.24) is 24.5 Å². The Kier molecular flexibility index (Phi) is 4.30. The van der Waals surface area contributed by atoms with Crippen molar-refractivity contribution in [2.24, 2.45) is 0 Å². The summed E-state index contributed by atoms with van der Waals surface area (Å²) in [6.07, 6.45) is 0.103. The molecule has 0 saturated carbocycles. The highest BCUT2D eigenvalue weighted by atomic mass is 32.2. The molecule has 0 N–H and O–H groups in total. The molecule has 2 aromatic rings. The Morgan fingerprint density at radius 3 is 3.05 bits per heavy atom. The van der Waals surface area contributed by atoms with Crippen molar-refractivity contribution in [3.05, 3.63) is 17.5 Å². The van der Waals surface area contributed by atoms with Crippen LogP contribution in [0.4, 0.5) is 0 Å². The number of aryl methyl sites for hydroxylation is 2. The highest BCUT2D eigenvalue weighted by Gasteiger charge is 2.21. The molecule has 3 heterocycles. The second kappa shape index (κ2) is 6.21. The normalized spacial score (nSPS) is 18.9. The van der Waals surface area contributed by atoms with Crippen LogP contribution in [-0.4, -0.2) is 61.9 Å². The van der Waals surface area contributed by atoms with E-state index in [1.165, 1.54) is 11.8 Å². The summed E-state index contributed by atoms with van der Waals surface area (Å²) < 4.78 is 7.15. The first-order valence-corrected chi connectivity index (χ1v) is 8.24. The first-order valence-electron chi connectivity index (χ1n) is 7.26. The summed E-state index contributed by atoms with van der Waals surface area (Å²) in [5.41, 5.74) is 1.89. The molecule has 1 atom stereocenters. The zero-order chi connectivity index (χ0) is 15.7. The van der Waals surface area contributed by atoms with Crippen LogP contribution < -0.4 is 0 Å². The largest absolute Gasteiger partial charge is 0.375 e. The highest BCUT2D eigenvalue weighted by Crippen LogP contribution is 2.16. The van der Waals surface area contributed by atoms with E-state index in [1.54, 1.807) is 4.52 Å². The molecule has 8 heteroatoms. The lowest BCUT2D eigenvalue weighted by Gasteiger charge is -2.31. The van der Waals surface area contributed by atoms with Crippen LogP contribution in [0.15, 0.2) is 11.2 Å². The van der Waals surface area contributed by atoms with Gasteiger partial charge in [0.05, 0.1) is 18.5 Å². The first-order chi connectivity index (χ1) is 10.5. The molecule has 118 valence electrons. The molecule has 0 aliphatic carbocycles. The number of amides is 1. The Hall–Kier alpha value is -1.67. The monoisotopic (exact) mass is 321 g/mol. The molecular formula is C14H19N5O2S. The second-order valence-corrected chi connectivity index (χ2v) is 6.40. The van der Waals surface area contributed by atoms with E-state index in [2.05, 4.69) is 15.1 Å². The molecule has 0 radical (unpaired) electrons. The lowest BCUT2D eigenvalue weighted by atomic mass is 10.3. The molecule has 0 aromatic carbocycles. The van der Waals surface area contributed by atoms with E-state index in [9.17, 15) is 4.79 Å². The molecule has 1 saturated heterocycles. The third-order valence-electron chi connectivity index (χ3n) is 3.52. The summed E-state index contributed by atoms with van der Waals surface area (Å²) in [5.74, 6) is 1.01. The van der Waals surface area contributed by atoms with Gasteiger partial charge in [-0.25, -0.2) is 9.50 Å². The zero-order valence-corrected chi connectivity index (χ0v) is 13.8. The molecular weight excluding hydrogens is 302 g/mol. The number of ether oxygens (including phenoxy) is 1. The molecule has 1 aliphatic heterocycles. The number of hydrogen-bond donors (Lipinski definition) is 0. The SMILES string of the molecule is Cc1cc(C)n2nc(SCC(=O)N3CCOC(C)C3)nc2n1. The van der Waals surface area contributed by atoms with Gasteiger partial charge in [-0.05, 0) is 26.8 Å². The van der Waals surface area contributed by atoms with Crippen molar-refractivity contribution >= 4 is 23.4 Å². The standard InChI is InChI=1S/C14H19N5O2S/c1-9-6-10(2)19-13(15-9)16-14(17-19)22-8-12(20)18-4-5-21-11(3)7-18/h6,11H,4-5,7-8H2,1-3H3.